The average molecular weight is 383 g/mol. The van der Waals surface area contributed by atoms with E-state index >= 15 is 0 Å². The summed E-state index contributed by atoms with van der Waals surface area (Å²) in [6.07, 6.45) is 3.04. The summed E-state index contributed by atoms with van der Waals surface area (Å²) in [5.41, 5.74) is 1.17. The molecule has 2 fully saturated rings. The Hall–Kier alpha value is -2.41. The van der Waals surface area contributed by atoms with Gasteiger partial charge in [0.15, 0.2) is 5.82 Å². The van der Waals surface area contributed by atoms with Gasteiger partial charge in [-0.3, -0.25) is 4.90 Å². The zero-order valence-corrected chi connectivity index (χ0v) is 16.9. The summed E-state index contributed by atoms with van der Waals surface area (Å²) in [5, 5.41) is 7.27. The molecule has 2 aromatic rings. The van der Waals surface area contributed by atoms with Crippen LogP contribution in [0.3, 0.4) is 0 Å². The van der Waals surface area contributed by atoms with Crippen LogP contribution in [0.4, 0.5) is 4.79 Å². The topological polar surface area (TPSA) is 74.5 Å². The van der Waals surface area contributed by atoms with E-state index in [-0.39, 0.29) is 23.5 Å². The zero-order valence-electron chi connectivity index (χ0n) is 16.9. The van der Waals surface area contributed by atoms with Gasteiger partial charge in [-0.15, -0.1) is 0 Å². The molecule has 1 spiro atoms. The number of nitrogens with one attached hydrogen (secondary N) is 1. The molecule has 28 heavy (non-hydrogen) atoms. The van der Waals surface area contributed by atoms with Gasteiger partial charge in [0.05, 0.1) is 6.04 Å². The summed E-state index contributed by atoms with van der Waals surface area (Å²) < 4.78 is 5.52. The molecule has 1 aromatic carbocycles. The summed E-state index contributed by atoms with van der Waals surface area (Å²) in [7, 11) is 2.13. The Morgan fingerprint density at radius 2 is 1.96 bits per heavy atom. The minimum atomic E-state index is 0.0541. The van der Waals surface area contributed by atoms with Gasteiger partial charge in [-0.1, -0.05) is 23.4 Å². The summed E-state index contributed by atoms with van der Waals surface area (Å²) in [6.45, 7) is 6.61. The van der Waals surface area contributed by atoms with Crippen molar-refractivity contribution in [3.05, 3.63) is 36.2 Å². The van der Waals surface area contributed by atoms with E-state index in [2.05, 4.69) is 27.4 Å². The smallest absolute Gasteiger partial charge is 0.317 e. The van der Waals surface area contributed by atoms with Gasteiger partial charge >= 0.3 is 6.03 Å². The van der Waals surface area contributed by atoms with Crippen LogP contribution in [0.5, 0.6) is 0 Å². The molecular formula is C21H29N5O2. The number of carbonyl (C=O) groups excluding carboxylic acids is 1. The molecule has 2 aliphatic heterocycles. The second kappa shape index (κ2) is 7.54. The highest BCUT2D eigenvalue weighted by Crippen LogP contribution is 2.47. The number of likely N-dealkylation sites (tertiary alicyclic amines) is 2. The second-order valence-electron chi connectivity index (χ2n) is 8.55. The molecule has 0 saturated carbocycles. The van der Waals surface area contributed by atoms with Crippen LogP contribution in [-0.4, -0.2) is 58.7 Å². The standard InChI is InChI=1S/C21H29N5O2/c1-15(2)22-20(27)26-11-9-21(10-12-26)13-17(25(3)14-21)18-23-19(28-24-18)16-7-5-4-6-8-16/h4-8,15,17H,9-14H2,1-3H3,(H,22,27). The van der Waals surface area contributed by atoms with Crippen molar-refractivity contribution in [2.45, 2.75) is 45.2 Å². The van der Waals surface area contributed by atoms with Crippen molar-refractivity contribution in [1.82, 2.24) is 25.3 Å². The third kappa shape index (κ3) is 3.76. The maximum atomic E-state index is 12.3. The normalized spacial score (nSPS) is 22.1. The fourth-order valence-electron chi connectivity index (χ4n) is 4.51. The minimum absolute atomic E-state index is 0.0541. The van der Waals surface area contributed by atoms with E-state index in [1.807, 2.05) is 49.1 Å². The van der Waals surface area contributed by atoms with E-state index in [1.54, 1.807) is 0 Å². The fraction of sp³-hybridized carbons (Fsp3) is 0.571. The SMILES string of the molecule is CC(C)NC(=O)N1CCC2(CC1)CC(c1noc(-c3ccccc3)n1)N(C)C2. The van der Waals surface area contributed by atoms with Crippen LogP contribution in [0.15, 0.2) is 34.9 Å². The third-order valence-electron chi connectivity index (χ3n) is 6.03. The number of nitrogens with zero attached hydrogens (tertiary/aromatic N) is 4. The molecule has 3 heterocycles. The van der Waals surface area contributed by atoms with Crippen LogP contribution in [0.2, 0.25) is 0 Å². The molecule has 2 amide bonds. The lowest BCUT2D eigenvalue weighted by molar-refractivity contribution is 0.121. The first-order valence-corrected chi connectivity index (χ1v) is 10.1. The molecule has 2 saturated heterocycles. The number of hydrogen-bond donors (Lipinski definition) is 1. The number of benzene rings is 1. The van der Waals surface area contributed by atoms with Crippen molar-refractivity contribution >= 4 is 6.03 Å². The highest BCUT2D eigenvalue weighted by Gasteiger charge is 2.46. The third-order valence-corrected chi connectivity index (χ3v) is 6.03. The molecule has 0 bridgehead atoms. The van der Waals surface area contributed by atoms with Gasteiger partial charge in [0.2, 0.25) is 0 Å². The number of aromatic nitrogens is 2. The number of piperidine rings is 1. The minimum Gasteiger partial charge on any atom is -0.336 e. The molecule has 7 heteroatoms. The quantitative estimate of drug-likeness (QED) is 0.880. The van der Waals surface area contributed by atoms with Gasteiger partial charge in [0, 0.05) is 31.2 Å². The van der Waals surface area contributed by atoms with E-state index in [9.17, 15) is 4.79 Å². The predicted octanol–water partition coefficient (Wildman–Crippen LogP) is 3.31. The zero-order chi connectivity index (χ0) is 19.7. The molecule has 1 unspecified atom stereocenters. The van der Waals surface area contributed by atoms with Crippen molar-refractivity contribution in [3.63, 3.8) is 0 Å². The monoisotopic (exact) mass is 383 g/mol. The first kappa shape index (κ1) is 18.9. The molecule has 7 nitrogen and oxygen atoms in total. The highest BCUT2D eigenvalue weighted by molar-refractivity contribution is 5.74. The van der Waals surface area contributed by atoms with Gasteiger partial charge in [-0.25, -0.2) is 4.79 Å². The summed E-state index contributed by atoms with van der Waals surface area (Å²) in [4.78, 5) is 21.2. The van der Waals surface area contributed by atoms with Gasteiger partial charge in [0.25, 0.3) is 5.89 Å². The molecule has 0 radical (unpaired) electrons. The number of rotatable bonds is 3. The van der Waals surface area contributed by atoms with Gasteiger partial charge in [-0.05, 0) is 57.7 Å². The number of amides is 2. The lowest BCUT2D eigenvalue weighted by Crippen LogP contribution is -2.49. The van der Waals surface area contributed by atoms with E-state index in [0.29, 0.717) is 5.89 Å². The van der Waals surface area contributed by atoms with Crippen LogP contribution >= 0.6 is 0 Å². The van der Waals surface area contributed by atoms with Crippen LogP contribution in [0, 0.1) is 5.41 Å². The molecule has 1 aromatic heterocycles. The molecule has 4 rings (SSSR count). The van der Waals surface area contributed by atoms with Crippen molar-refractivity contribution in [1.29, 1.82) is 0 Å². The fourth-order valence-corrected chi connectivity index (χ4v) is 4.51. The molecule has 2 aliphatic rings. The first-order chi connectivity index (χ1) is 13.5. The van der Waals surface area contributed by atoms with Crippen LogP contribution in [0.1, 0.15) is 45.0 Å². The van der Waals surface area contributed by atoms with Crippen LogP contribution in [-0.2, 0) is 0 Å². The predicted molar refractivity (Wildman–Crippen MR) is 107 cm³/mol. The summed E-state index contributed by atoms with van der Waals surface area (Å²) in [5.74, 6) is 1.34. The molecule has 150 valence electrons. The number of hydrogen-bond acceptors (Lipinski definition) is 5. The molecule has 1 N–H and O–H groups in total. The van der Waals surface area contributed by atoms with Gasteiger partial charge < -0.3 is 14.7 Å². The van der Waals surface area contributed by atoms with Crippen LogP contribution in [0.25, 0.3) is 11.5 Å². The van der Waals surface area contributed by atoms with Gasteiger partial charge in [-0.2, -0.15) is 4.98 Å². The Morgan fingerprint density at radius 3 is 2.64 bits per heavy atom. The van der Waals surface area contributed by atoms with E-state index in [4.69, 9.17) is 4.52 Å². The second-order valence-corrected chi connectivity index (χ2v) is 8.55. The Kier molecular flexibility index (Phi) is 5.10. The lowest BCUT2D eigenvalue weighted by Gasteiger charge is -2.39. The van der Waals surface area contributed by atoms with Crippen molar-refractivity contribution in [3.8, 4) is 11.5 Å². The first-order valence-electron chi connectivity index (χ1n) is 10.1. The van der Waals surface area contributed by atoms with E-state index in [1.165, 1.54) is 0 Å². The van der Waals surface area contributed by atoms with E-state index < -0.39 is 0 Å². The Balaban J connectivity index is 1.42. The number of carbonyl (C=O) groups is 1. The maximum Gasteiger partial charge on any atom is 0.317 e. The summed E-state index contributed by atoms with van der Waals surface area (Å²) in [6, 6.07) is 10.3. The average Bonchev–Trinajstić information content (AvgIpc) is 3.27. The Bertz CT molecular complexity index is 811. The van der Waals surface area contributed by atoms with Gasteiger partial charge in [0.1, 0.15) is 0 Å². The molecule has 0 aliphatic carbocycles. The highest BCUT2D eigenvalue weighted by atomic mass is 16.5. The van der Waals surface area contributed by atoms with Crippen molar-refractivity contribution in [2.24, 2.45) is 5.41 Å². The lowest BCUT2D eigenvalue weighted by atomic mass is 9.76. The Labute approximate surface area is 166 Å². The summed E-state index contributed by atoms with van der Waals surface area (Å²) >= 11 is 0. The maximum absolute atomic E-state index is 12.3. The Morgan fingerprint density at radius 1 is 1.25 bits per heavy atom. The largest absolute Gasteiger partial charge is 0.336 e. The van der Waals surface area contributed by atoms with E-state index in [0.717, 1.165) is 50.3 Å². The van der Waals surface area contributed by atoms with Crippen molar-refractivity contribution < 1.29 is 9.32 Å². The number of urea groups is 1. The molecule has 1 atom stereocenters. The molecular weight excluding hydrogens is 354 g/mol. The van der Waals surface area contributed by atoms with Crippen LogP contribution < -0.4 is 5.32 Å². The van der Waals surface area contributed by atoms with Crippen molar-refractivity contribution in [2.75, 3.05) is 26.7 Å².